The standard InChI is InChI=1S/C24H17IN2O4/c1-29-18-4-2-3-17(13-18)27-23(26-20-8-7-16(25)12-19(20)24(27)28)10-6-15-5-9-21-22(11-15)31-14-30-21/h2-13H,14H2,1H3. The van der Waals surface area contributed by atoms with Gasteiger partial charge in [0.05, 0.1) is 23.7 Å². The average molecular weight is 524 g/mol. The van der Waals surface area contributed by atoms with Gasteiger partial charge in [0, 0.05) is 9.64 Å². The summed E-state index contributed by atoms with van der Waals surface area (Å²) in [5.74, 6) is 2.61. The molecule has 5 rings (SSSR count). The van der Waals surface area contributed by atoms with Crippen molar-refractivity contribution in [3.05, 3.63) is 86.0 Å². The molecule has 7 heteroatoms. The van der Waals surface area contributed by atoms with Crippen LogP contribution in [0, 0.1) is 3.57 Å². The quantitative estimate of drug-likeness (QED) is 0.356. The number of hydrogen-bond acceptors (Lipinski definition) is 5. The molecule has 6 nitrogen and oxygen atoms in total. The first-order valence-electron chi connectivity index (χ1n) is 9.57. The van der Waals surface area contributed by atoms with Crippen molar-refractivity contribution in [1.29, 1.82) is 0 Å². The van der Waals surface area contributed by atoms with Crippen LogP contribution in [0.2, 0.25) is 0 Å². The van der Waals surface area contributed by atoms with E-state index in [-0.39, 0.29) is 12.4 Å². The molecule has 0 unspecified atom stereocenters. The fourth-order valence-electron chi connectivity index (χ4n) is 3.47. The Labute approximate surface area is 191 Å². The van der Waals surface area contributed by atoms with Crippen LogP contribution in [0.1, 0.15) is 11.4 Å². The van der Waals surface area contributed by atoms with E-state index in [9.17, 15) is 4.79 Å². The Kier molecular flexibility index (Phi) is 5.11. The van der Waals surface area contributed by atoms with E-state index in [4.69, 9.17) is 19.2 Å². The summed E-state index contributed by atoms with van der Waals surface area (Å²) in [5, 5.41) is 0.565. The SMILES string of the molecule is COc1cccc(-n2c(C=Cc3ccc4c(c3)OCO4)nc3ccc(I)cc3c2=O)c1. The monoisotopic (exact) mass is 524 g/mol. The molecule has 31 heavy (non-hydrogen) atoms. The van der Waals surface area contributed by atoms with Gasteiger partial charge in [-0.1, -0.05) is 18.2 Å². The zero-order valence-corrected chi connectivity index (χ0v) is 18.7. The van der Waals surface area contributed by atoms with Gasteiger partial charge < -0.3 is 14.2 Å². The molecule has 4 aromatic rings. The Bertz CT molecular complexity index is 1390. The fraction of sp³-hybridized carbons (Fsp3) is 0.0833. The van der Waals surface area contributed by atoms with Gasteiger partial charge >= 0.3 is 0 Å². The van der Waals surface area contributed by atoms with Crippen LogP contribution in [-0.2, 0) is 0 Å². The number of ether oxygens (including phenoxy) is 3. The van der Waals surface area contributed by atoms with Crippen molar-refractivity contribution in [1.82, 2.24) is 9.55 Å². The van der Waals surface area contributed by atoms with Crippen LogP contribution in [-0.4, -0.2) is 23.5 Å². The Hall–Kier alpha value is -3.33. The van der Waals surface area contributed by atoms with Crippen molar-refractivity contribution in [3.63, 3.8) is 0 Å². The summed E-state index contributed by atoms with van der Waals surface area (Å²) in [7, 11) is 1.60. The fourth-order valence-corrected chi connectivity index (χ4v) is 3.96. The summed E-state index contributed by atoms with van der Waals surface area (Å²) < 4.78 is 18.8. The molecule has 1 aliphatic heterocycles. The predicted octanol–water partition coefficient (Wildman–Crippen LogP) is 4.90. The van der Waals surface area contributed by atoms with Crippen molar-refractivity contribution in [2.75, 3.05) is 13.9 Å². The molecule has 0 N–H and O–H groups in total. The highest BCUT2D eigenvalue weighted by Crippen LogP contribution is 2.33. The highest BCUT2D eigenvalue weighted by molar-refractivity contribution is 14.1. The second-order valence-corrected chi connectivity index (χ2v) is 8.17. The van der Waals surface area contributed by atoms with Crippen molar-refractivity contribution in [2.45, 2.75) is 0 Å². The molecule has 2 heterocycles. The second kappa shape index (κ2) is 8.07. The summed E-state index contributed by atoms with van der Waals surface area (Å²) in [6.45, 7) is 0.225. The third-order valence-corrected chi connectivity index (χ3v) is 5.66. The molecule has 0 amide bonds. The summed E-state index contributed by atoms with van der Waals surface area (Å²) in [4.78, 5) is 18.2. The lowest BCUT2D eigenvalue weighted by molar-refractivity contribution is 0.174. The topological polar surface area (TPSA) is 62.6 Å². The summed E-state index contributed by atoms with van der Waals surface area (Å²) in [6.07, 6.45) is 3.73. The number of rotatable bonds is 4. The first-order chi connectivity index (χ1) is 15.1. The van der Waals surface area contributed by atoms with Crippen LogP contribution in [0.5, 0.6) is 17.2 Å². The Morgan fingerprint density at radius 2 is 1.90 bits per heavy atom. The molecule has 1 aliphatic rings. The van der Waals surface area contributed by atoms with Gasteiger partial charge in [-0.05, 0) is 76.7 Å². The molecule has 3 aromatic carbocycles. The zero-order chi connectivity index (χ0) is 21.4. The van der Waals surface area contributed by atoms with Gasteiger partial charge in [0.15, 0.2) is 11.5 Å². The lowest BCUT2D eigenvalue weighted by Gasteiger charge is -2.12. The normalized spacial score (nSPS) is 12.6. The van der Waals surface area contributed by atoms with Crippen molar-refractivity contribution < 1.29 is 14.2 Å². The number of benzene rings is 3. The molecule has 154 valence electrons. The van der Waals surface area contributed by atoms with E-state index in [2.05, 4.69) is 22.6 Å². The maximum absolute atomic E-state index is 13.5. The minimum absolute atomic E-state index is 0.137. The van der Waals surface area contributed by atoms with Crippen LogP contribution in [0.4, 0.5) is 0 Å². The van der Waals surface area contributed by atoms with E-state index in [1.54, 1.807) is 11.7 Å². The van der Waals surface area contributed by atoms with Gasteiger partial charge in [-0.3, -0.25) is 9.36 Å². The summed E-state index contributed by atoms with van der Waals surface area (Å²) >= 11 is 2.20. The first-order valence-corrected chi connectivity index (χ1v) is 10.6. The Morgan fingerprint density at radius 3 is 2.77 bits per heavy atom. The van der Waals surface area contributed by atoms with Crippen molar-refractivity contribution >= 4 is 45.6 Å². The van der Waals surface area contributed by atoms with E-state index in [0.717, 1.165) is 14.9 Å². The lowest BCUT2D eigenvalue weighted by Crippen LogP contribution is -2.22. The molecule has 1 aromatic heterocycles. The van der Waals surface area contributed by atoms with Crippen LogP contribution in [0.15, 0.2) is 65.5 Å². The maximum atomic E-state index is 13.5. The Morgan fingerprint density at radius 1 is 1.03 bits per heavy atom. The van der Waals surface area contributed by atoms with Crippen LogP contribution >= 0.6 is 22.6 Å². The molecule has 0 saturated heterocycles. The largest absolute Gasteiger partial charge is 0.497 e. The van der Waals surface area contributed by atoms with E-state index < -0.39 is 0 Å². The summed E-state index contributed by atoms with van der Waals surface area (Å²) in [5.41, 5.74) is 2.11. The molecule has 0 radical (unpaired) electrons. The smallest absolute Gasteiger partial charge is 0.266 e. The average Bonchev–Trinajstić information content (AvgIpc) is 3.26. The Balaban J connectivity index is 1.68. The van der Waals surface area contributed by atoms with E-state index in [0.29, 0.717) is 33.9 Å². The number of fused-ring (bicyclic) bond motifs is 2. The number of hydrogen-bond donors (Lipinski definition) is 0. The molecule has 0 aliphatic carbocycles. The highest BCUT2D eigenvalue weighted by Gasteiger charge is 2.14. The molecular formula is C24H17IN2O4. The van der Waals surface area contributed by atoms with E-state index in [1.807, 2.05) is 72.8 Å². The molecular weight excluding hydrogens is 507 g/mol. The third kappa shape index (κ3) is 3.76. The number of nitrogens with zero attached hydrogens (tertiary/aromatic N) is 2. The lowest BCUT2D eigenvalue weighted by atomic mass is 10.1. The minimum Gasteiger partial charge on any atom is -0.497 e. The second-order valence-electron chi connectivity index (χ2n) is 6.92. The number of aromatic nitrogens is 2. The molecule has 0 atom stereocenters. The minimum atomic E-state index is -0.137. The molecule has 0 spiro atoms. The van der Waals surface area contributed by atoms with Gasteiger partial charge in [-0.2, -0.15) is 0 Å². The summed E-state index contributed by atoms with van der Waals surface area (Å²) in [6, 6.07) is 18.7. The van der Waals surface area contributed by atoms with Crippen molar-refractivity contribution in [3.8, 4) is 22.9 Å². The van der Waals surface area contributed by atoms with Crippen LogP contribution in [0.3, 0.4) is 0 Å². The predicted molar refractivity (Wildman–Crippen MR) is 128 cm³/mol. The van der Waals surface area contributed by atoms with Gasteiger partial charge in [-0.25, -0.2) is 4.98 Å². The van der Waals surface area contributed by atoms with Gasteiger partial charge in [-0.15, -0.1) is 0 Å². The highest BCUT2D eigenvalue weighted by atomic mass is 127. The van der Waals surface area contributed by atoms with Gasteiger partial charge in [0.1, 0.15) is 11.6 Å². The third-order valence-electron chi connectivity index (χ3n) is 4.99. The van der Waals surface area contributed by atoms with Crippen LogP contribution < -0.4 is 19.8 Å². The van der Waals surface area contributed by atoms with Gasteiger partial charge in [0.25, 0.3) is 5.56 Å². The van der Waals surface area contributed by atoms with Crippen molar-refractivity contribution in [2.24, 2.45) is 0 Å². The maximum Gasteiger partial charge on any atom is 0.266 e. The number of methoxy groups -OCH3 is 1. The van der Waals surface area contributed by atoms with Gasteiger partial charge in [0.2, 0.25) is 6.79 Å². The van der Waals surface area contributed by atoms with E-state index in [1.165, 1.54) is 0 Å². The number of halogens is 1. The zero-order valence-electron chi connectivity index (χ0n) is 16.5. The van der Waals surface area contributed by atoms with Crippen LogP contribution in [0.25, 0.3) is 28.7 Å². The molecule has 0 saturated carbocycles. The molecule has 0 fully saturated rings. The first kappa shape index (κ1) is 19.6. The molecule has 0 bridgehead atoms. The van der Waals surface area contributed by atoms with E-state index >= 15 is 0 Å².